The minimum absolute atomic E-state index is 0.139. The lowest BCUT2D eigenvalue weighted by molar-refractivity contribution is -0.110. The molecule has 4 aromatic rings. The Balaban J connectivity index is 1.23. The highest BCUT2D eigenvalue weighted by atomic mass is 16.1. The second kappa shape index (κ2) is 10.7. The van der Waals surface area contributed by atoms with Crippen LogP contribution in [0.2, 0.25) is 0 Å². The number of aliphatic imine (C=N–C) groups is 1. The monoisotopic (exact) mass is 504 g/mol. The highest BCUT2D eigenvalue weighted by Crippen LogP contribution is 2.34. The summed E-state index contributed by atoms with van der Waals surface area (Å²) in [4.78, 5) is 32.8. The van der Waals surface area contributed by atoms with Gasteiger partial charge in [0.2, 0.25) is 0 Å². The van der Waals surface area contributed by atoms with Crippen LogP contribution >= 0.6 is 0 Å². The summed E-state index contributed by atoms with van der Waals surface area (Å²) in [6, 6.07) is 20.9. The molecule has 2 aromatic carbocycles. The first-order chi connectivity index (χ1) is 18.6. The fraction of sp³-hybridized carbons (Fsp3) is 0.290. The van der Waals surface area contributed by atoms with Crippen LogP contribution in [0.4, 0.5) is 5.69 Å². The van der Waals surface area contributed by atoms with Crippen molar-refractivity contribution < 1.29 is 4.79 Å². The van der Waals surface area contributed by atoms with E-state index in [0.29, 0.717) is 12.3 Å². The van der Waals surface area contributed by atoms with Crippen molar-refractivity contribution in [2.45, 2.75) is 57.8 Å². The van der Waals surface area contributed by atoms with Crippen LogP contribution in [0.25, 0.3) is 11.0 Å². The fourth-order valence-corrected chi connectivity index (χ4v) is 5.46. The van der Waals surface area contributed by atoms with Crippen molar-refractivity contribution in [2.24, 2.45) is 4.99 Å². The lowest BCUT2D eigenvalue weighted by Crippen LogP contribution is -2.31. The molecule has 1 aliphatic carbocycles. The lowest BCUT2D eigenvalue weighted by atomic mass is 9.90. The van der Waals surface area contributed by atoms with Crippen molar-refractivity contribution in [2.75, 3.05) is 5.32 Å². The van der Waals surface area contributed by atoms with Gasteiger partial charge in [-0.1, -0.05) is 36.4 Å². The van der Waals surface area contributed by atoms with E-state index in [0.717, 1.165) is 54.8 Å². The summed E-state index contributed by atoms with van der Waals surface area (Å²) in [6.07, 6.45) is 9.86. The Bertz CT molecular complexity index is 1470. The number of carbonyl (C=O) groups excluding carboxylic acids is 1. The molecule has 0 saturated heterocycles. The summed E-state index contributed by atoms with van der Waals surface area (Å²) < 4.78 is 0. The molecule has 0 fully saturated rings. The van der Waals surface area contributed by atoms with Crippen LogP contribution in [0, 0.1) is 0 Å². The molecule has 0 radical (unpaired) electrons. The van der Waals surface area contributed by atoms with Gasteiger partial charge in [-0.25, -0.2) is 4.98 Å². The number of anilines is 1. The maximum Gasteiger partial charge on any atom is 0.273 e. The van der Waals surface area contributed by atoms with Crippen molar-refractivity contribution in [3.8, 4) is 0 Å². The number of imidazole rings is 1. The fourth-order valence-electron chi connectivity index (χ4n) is 5.46. The van der Waals surface area contributed by atoms with E-state index in [-0.39, 0.29) is 18.0 Å². The zero-order valence-electron chi connectivity index (χ0n) is 21.6. The second-order valence-corrected chi connectivity index (χ2v) is 10.2. The SMILES string of the molecule is CC1CC=CC(C(=O)Nc2ccc(CN(Cc3nc4ccccc4[nH]3)C3CCCc4cccnc43)cc2)=N1. The summed E-state index contributed by atoms with van der Waals surface area (Å²) in [7, 11) is 0. The predicted octanol–water partition coefficient (Wildman–Crippen LogP) is 5.77. The molecule has 1 amide bonds. The number of fused-ring (bicyclic) bond motifs is 2. The molecule has 7 heteroatoms. The molecule has 3 heterocycles. The van der Waals surface area contributed by atoms with Gasteiger partial charge in [0.15, 0.2) is 0 Å². The Hall–Kier alpha value is -4.10. The Kier molecular flexibility index (Phi) is 6.84. The van der Waals surface area contributed by atoms with Crippen LogP contribution in [0.5, 0.6) is 0 Å². The maximum absolute atomic E-state index is 12.7. The third kappa shape index (κ3) is 5.29. The standard InChI is InChI=1S/C31H32N6O/c1-21-7-4-12-27(33-21)31(38)34-24-16-14-22(15-17-24)19-37(20-29-35-25-10-2-3-11-26(25)36-29)28-13-5-8-23-9-6-18-32-30(23)28/h2-4,6,9-12,14-18,21,28H,5,7-8,13,19-20H2,1H3,(H,34,38)(H,35,36). The normalized spacial score (nSPS) is 18.8. The molecular formula is C31H32N6O. The summed E-state index contributed by atoms with van der Waals surface area (Å²) in [5.41, 5.74) is 6.97. The number of pyridine rings is 1. The van der Waals surface area contributed by atoms with E-state index in [1.807, 2.05) is 55.6 Å². The van der Waals surface area contributed by atoms with Crippen molar-refractivity contribution in [3.63, 3.8) is 0 Å². The van der Waals surface area contributed by atoms with Gasteiger partial charge in [-0.3, -0.25) is 19.7 Å². The Morgan fingerprint density at radius 3 is 2.79 bits per heavy atom. The van der Waals surface area contributed by atoms with Crippen molar-refractivity contribution in [3.05, 3.63) is 102 Å². The Morgan fingerprint density at radius 2 is 1.95 bits per heavy atom. The van der Waals surface area contributed by atoms with Crippen LogP contribution in [0.1, 0.15) is 54.9 Å². The molecule has 2 aliphatic rings. The molecule has 192 valence electrons. The molecular weight excluding hydrogens is 472 g/mol. The zero-order valence-corrected chi connectivity index (χ0v) is 21.6. The summed E-state index contributed by atoms with van der Waals surface area (Å²) in [5.74, 6) is 0.783. The number of amides is 1. The first-order valence-corrected chi connectivity index (χ1v) is 13.4. The van der Waals surface area contributed by atoms with E-state index in [2.05, 4.69) is 44.5 Å². The van der Waals surface area contributed by atoms with Gasteiger partial charge in [-0.2, -0.15) is 0 Å². The molecule has 38 heavy (non-hydrogen) atoms. The van der Waals surface area contributed by atoms with E-state index in [1.54, 1.807) is 6.08 Å². The number of carbonyl (C=O) groups is 1. The molecule has 6 rings (SSSR count). The molecule has 0 saturated carbocycles. The average molecular weight is 505 g/mol. The molecule has 0 spiro atoms. The number of benzene rings is 2. The summed E-state index contributed by atoms with van der Waals surface area (Å²) in [5, 5.41) is 2.98. The predicted molar refractivity (Wildman–Crippen MR) is 151 cm³/mol. The zero-order chi connectivity index (χ0) is 25.9. The first kappa shape index (κ1) is 24.2. The third-order valence-electron chi connectivity index (χ3n) is 7.34. The summed E-state index contributed by atoms with van der Waals surface area (Å²) >= 11 is 0. The van der Waals surface area contributed by atoms with E-state index in [1.165, 1.54) is 16.8 Å². The van der Waals surface area contributed by atoms with Crippen molar-refractivity contribution in [1.82, 2.24) is 19.9 Å². The average Bonchev–Trinajstić information content (AvgIpc) is 3.36. The number of para-hydroxylation sites is 2. The van der Waals surface area contributed by atoms with Gasteiger partial charge in [-0.15, -0.1) is 0 Å². The molecule has 0 bridgehead atoms. The van der Waals surface area contributed by atoms with Crippen molar-refractivity contribution in [1.29, 1.82) is 0 Å². The largest absolute Gasteiger partial charge is 0.341 e. The highest BCUT2D eigenvalue weighted by molar-refractivity contribution is 6.47. The Morgan fingerprint density at radius 1 is 1.08 bits per heavy atom. The molecule has 1 aliphatic heterocycles. The first-order valence-electron chi connectivity index (χ1n) is 13.4. The van der Waals surface area contributed by atoms with E-state index in [9.17, 15) is 4.79 Å². The molecule has 2 aromatic heterocycles. The number of nitrogens with zero attached hydrogens (tertiary/aromatic N) is 4. The van der Waals surface area contributed by atoms with Gasteiger partial charge in [0, 0.05) is 18.4 Å². The molecule has 2 unspecified atom stereocenters. The van der Waals surface area contributed by atoms with Crippen molar-refractivity contribution >= 4 is 28.3 Å². The number of hydrogen-bond acceptors (Lipinski definition) is 5. The smallest absolute Gasteiger partial charge is 0.273 e. The number of hydrogen-bond donors (Lipinski definition) is 2. The van der Waals surface area contributed by atoms with Gasteiger partial charge < -0.3 is 10.3 Å². The van der Waals surface area contributed by atoms with E-state index < -0.39 is 0 Å². The summed E-state index contributed by atoms with van der Waals surface area (Å²) in [6.45, 7) is 3.46. The highest BCUT2D eigenvalue weighted by Gasteiger charge is 2.28. The van der Waals surface area contributed by atoms with E-state index >= 15 is 0 Å². The molecule has 2 N–H and O–H groups in total. The van der Waals surface area contributed by atoms with Crippen LogP contribution < -0.4 is 5.32 Å². The number of rotatable bonds is 7. The van der Waals surface area contributed by atoms with Gasteiger partial charge in [0.25, 0.3) is 5.91 Å². The number of aromatic amines is 1. The Labute approximate surface area is 222 Å². The van der Waals surface area contributed by atoms with Gasteiger partial charge in [0.1, 0.15) is 11.5 Å². The molecule has 7 nitrogen and oxygen atoms in total. The minimum Gasteiger partial charge on any atom is -0.341 e. The van der Waals surface area contributed by atoms with E-state index in [4.69, 9.17) is 9.97 Å². The maximum atomic E-state index is 12.7. The third-order valence-corrected chi connectivity index (χ3v) is 7.34. The number of dihydropyridines is 1. The van der Waals surface area contributed by atoms with Crippen LogP contribution in [-0.4, -0.2) is 37.5 Å². The number of nitrogens with one attached hydrogen (secondary N) is 2. The van der Waals surface area contributed by atoms with Crippen LogP contribution in [0.15, 0.2) is 84.0 Å². The minimum atomic E-state index is -0.169. The van der Waals surface area contributed by atoms with Gasteiger partial charge in [0.05, 0.1) is 35.4 Å². The lowest BCUT2D eigenvalue weighted by Gasteiger charge is -2.34. The van der Waals surface area contributed by atoms with Crippen LogP contribution in [0.3, 0.4) is 0 Å². The second-order valence-electron chi connectivity index (χ2n) is 10.2. The number of aromatic nitrogens is 3. The number of aryl methyl sites for hydroxylation is 1. The molecule has 2 atom stereocenters. The van der Waals surface area contributed by atoms with Crippen LogP contribution in [-0.2, 0) is 24.3 Å². The topological polar surface area (TPSA) is 86.3 Å². The van der Waals surface area contributed by atoms with Gasteiger partial charge in [-0.05, 0) is 80.1 Å². The number of H-pyrrole nitrogens is 1. The quantitative estimate of drug-likeness (QED) is 0.335. The van der Waals surface area contributed by atoms with Gasteiger partial charge >= 0.3 is 0 Å².